The number of nitrogen functional groups attached to an aromatic ring is 1. The Balaban J connectivity index is 1.72. The molecule has 7 nitrogen and oxygen atoms in total. The number of hydrogen-bond acceptors (Lipinski definition) is 6. The van der Waals surface area contributed by atoms with Crippen molar-refractivity contribution < 1.29 is 14.3 Å². The van der Waals surface area contributed by atoms with E-state index in [0.29, 0.717) is 18.0 Å². The van der Waals surface area contributed by atoms with Crippen molar-refractivity contribution >= 4 is 29.0 Å². The number of ether oxygens (including phenoxy) is 1. The maximum Gasteiger partial charge on any atom is 0.262 e. The molecule has 4 rings (SSSR count). The number of aromatic nitrogens is 1. The third-order valence-electron chi connectivity index (χ3n) is 4.25. The van der Waals surface area contributed by atoms with Crippen LogP contribution in [0.5, 0.6) is 5.75 Å². The molecular formula is C19H15N3O4S. The van der Waals surface area contributed by atoms with Crippen LogP contribution in [0.25, 0.3) is 5.69 Å². The SMILES string of the molecule is Nc1c2c(cc(=O)n1-c1ccccc1OCCc1cccs1)C(=O)NC2=O. The van der Waals surface area contributed by atoms with Crippen LogP contribution in [0, 0.1) is 0 Å². The number of carbonyl (C=O) groups is 2. The maximum absolute atomic E-state index is 12.6. The molecule has 0 aliphatic carbocycles. The van der Waals surface area contributed by atoms with E-state index in [4.69, 9.17) is 10.5 Å². The van der Waals surface area contributed by atoms with Crippen LogP contribution in [0.4, 0.5) is 5.82 Å². The Bertz CT molecular complexity index is 1100. The van der Waals surface area contributed by atoms with Gasteiger partial charge in [0, 0.05) is 17.4 Å². The Morgan fingerprint density at radius 3 is 2.67 bits per heavy atom. The van der Waals surface area contributed by atoms with E-state index in [0.717, 1.165) is 12.5 Å². The minimum Gasteiger partial charge on any atom is -0.491 e. The van der Waals surface area contributed by atoms with Crippen LogP contribution in [0.15, 0.2) is 52.6 Å². The monoisotopic (exact) mass is 381 g/mol. The molecule has 1 aliphatic rings. The Morgan fingerprint density at radius 1 is 1.07 bits per heavy atom. The van der Waals surface area contributed by atoms with Crippen LogP contribution in [0.2, 0.25) is 0 Å². The molecule has 0 spiro atoms. The molecule has 1 aromatic carbocycles. The van der Waals surface area contributed by atoms with Crippen molar-refractivity contribution in [2.45, 2.75) is 6.42 Å². The number of imide groups is 1. The molecule has 8 heteroatoms. The molecule has 3 N–H and O–H groups in total. The number of fused-ring (bicyclic) bond motifs is 1. The van der Waals surface area contributed by atoms with Crippen molar-refractivity contribution in [1.29, 1.82) is 0 Å². The lowest BCUT2D eigenvalue weighted by Gasteiger charge is -2.16. The number of anilines is 1. The number of thiophene rings is 1. The van der Waals surface area contributed by atoms with Gasteiger partial charge in [0.05, 0.1) is 23.4 Å². The van der Waals surface area contributed by atoms with E-state index in [1.807, 2.05) is 17.5 Å². The number of hydrogen-bond donors (Lipinski definition) is 2. The van der Waals surface area contributed by atoms with Gasteiger partial charge in [0.25, 0.3) is 17.4 Å². The third kappa shape index (κ3) is 3.00. The molecule has 0 bridgehead atoms. The lowest BCUT2D eigenvalue weighted by atomic mass is 10.1. The van der Waals surface area contributed by atoms with Gasteiger partial charge >= 0.3 is 0 Å². The fraction of sp³-hybridized carbons (Fsp3) is 0.105. The summed E-state index contributed by atoms with van der Waals surface area (Å²) < 4.78 is 7.06. The first-order valence-electron chi connectivity index (χ1n) is 8.22. The average Bonchev–Trinajstić information content (AvgIpc) is 3.24. The normalized spacial score (nSPS) is 12.7. The summed E-state index contributed by atoms with van der Waals surface area (Å²) in [5.74, 6) is -0.855. The molecule has 0 saturated heterocycles. The van der Waals surface area contributed by atoms with E-state index in [1.165, 1.54) is 9.44 Å². The van der Waals surface area contributed by atoms with E-state index < -0.39 is 17.4 Å². The van der Waals surface area contributed by atoms with Gasteiger partial charge in [-0.2, -0.15) is 0 Å². The van der Waals surface area contributed by atoms with Gasteiger partial charge in [-0.1, -0.05) is 18.2 Å². The maximum atomic E-state index is 12.6. The highest BCUT2D eigenvalue weighted by Gasteiger charge is 2.32. The Morgan fingerprint density at radius 2 is 1.89 bits per heavy atom. The molecule has 1 aliphatic heterocycles. The van der Waals surface area contributed by atoms with Crippen molar-refractivity contribution in [3.63, 3.8) is 0 Å². The van der Waals surface area contributed by atoms with Crippen LogP contribution >= 0.6 is 11.3 Å². The molecule has 0 unspecified atom stereocenters. The number of pyridine rings is 1. The van der Waals surface area contributed by atoms with Crippen LogP contribution in [-0.4, -0.2) is 23.0 Å². The molecule has 2 aromatic heterocycles. The zero-order valence-corrected chi connectivity index (χ0v) is 14.9. The minimum atomic E-state index is -0.619. The summed E-state index contributed by atoms with van der Waals surface area (Å²) in [6.45, 7) is 0.427. The molecule has 27 heavy (non-hydrogen) atoms. The van der Waals surface area contributed by atoms with Gasteiger partial charge in [0.1, 0.15) is 11.6 Å². The summed E-state index contributed by atoms with van der Waals surface area (Å²) in [4.78, 5) is 37.6. The van der Waals surface area contributed by atoms with E-state index in [-0.39, 0.29) is 16.9 Å². The van der Waals surface area contributed by atoms with Gasteiger partial charge in [0.15, 0.2) is 0 Å². The van der Waals surface area contributed by atoms with Crippen molar-refractivity contribution in [2.24, 2.45) is 0 Å². The standard InChI is InChI=1S/C19H15N3O4S/c20-17-16-12(18(24)21-19(16)25)10-15(23)22(17)13-5-1-2-6-14(13)26-8-7-11-4-3-9-27-11/h1-6,9-10H,7-8,20H2,(H,21,24,25). The second-order valence-corrected chi connectivity index (χ2v) is 6.95. The first kappa shape index (κ1) is 17.0. The Hall–Kier alpha value is -3.39. The van der Waals surface area contributed by atoms with Gasteiger partial charge in [-0.05, 0) is 23.6 Å². The van der Waals surface area contributed by atoms with Crippen molar-refractivity contribution in [3.8, 4) is 11.4 Å². The van der Waals surface area contributed by atoms with Gasteiger partial charge in [-0.3, -0.25) is 24.3 Å². The summed E-state index contributed by atoms with van der Waals surface area (Å²) in [7, 11) is 0. The van der Waals surface area contributed by atoms with Crippen molar-refractivity contribution in [1.82, 2.24) is 9.88 Å². The minimum absolute atomic E-state index is 0.00477. The lowest BCUT2D eigenvalue weighted by molar-refractivity contribution is 0.0880. The second kappa shape index (κ2) is 6.73. The van der Waals surface area contributed by atoms with Crippen molar-refractivity contribution in [2.75, 3.05) is 12.3 Å². The second-order valence-electron chi connectivity index (χ2n) is 5.92. The van der Waals surface area contributed by atoms with Gasteiger partial charge < -0.3 is 10.5 Å². The van der Waals surface area contributed by atoms with Crippen LogP contribution in [-0.2, 0) is 6.42 Å². The number of carbonyl (C=O) groups excluding carboxylic acids is 2. The number of benzene rings is 1. The summed E-state index contributed by atoms with van der Waals surface area (Å²) in [5.41, 5.74) is 6.00. The highest BCUT2D eigenvalue weighted by Crippen LogP contribution is 2.28. The summed E-state index contributed by atoms with van der Waals surface area (Å²) in [6, 6.07) is 12.1. The quantitative estimate of drug-likeness (QED) is 0.658. The molecule has 3 heterocycles. The number of rotatable bonds is 5. The Kier molecular flexibility index (Phi) is 4.25. The molecule has 3 aromatic rings. The predicted molar refractivity (Wildman–Crippen MR) is 102 cm³/mol. The molecule has 0 fully saturated rings. The summed E-state index contributed by atoms with van der Waals surface area (Å²) >= 11 is 1.65. The van der Waals surface area contributed by atoms with E-state index >= 15 is 0 Å². The lowest BCUT2D eigenvalue weighted by Crippen LogP contribution is -2.24. The highest BCUT2D eigenvalue weighted by atomic mass is 32.1. The van der Waals surface area contributed by atoms with E-state index in [2.05, 4.69) is 5.32 Å². The van der Waals surface area contributed by atoms with Crippen molar-refractivity contribution in [3.05, 3.63) is 74.2 Å². The molecule has 0 atom stereocenters. The fourth-order valence-corrected chi connectivity index (χ4v) is 3.70. The third-order valence-corrected chi connectivity index (χ3v) is 5.18. The van der Waals surface area contributed by atoms with Crippen LogP contribution in [0.3, 0.4) is 0 Å². The first-order valence-corrected chi connectivity index (χ1v) is 9.10. The van der Waals surface area contributed by atoms with Gasteiger partial charge in [0.2, 0.25) is 0 Å². The number of nitrogens with one attached hydrogen (secondary N) is 1. The zero-order chi connectivity index (χ0) is 19.0. The summed E-state index contributed by atoms with van der Waals surface area (Å²) in [5, 5.41) is 4.15. The Labute approximate surface area is 158 Å². The molecule has 0 radical (unpaired) electrons. The molecule has 0 saturated carbocycles. The number of nitrogens with two attached hydrogens (primary N) is 1. The highest BCUT2D eigenvalue weighted by molar-refractivity contribution is 7.09. The smallest absolute Gasteiger partial charge is 0.262 e. The average molecular weight is 381 g/mol. The molecular weight excluding hydrogens is 366 g/mol. The topological polar surface area (TPSA) is 103 Å². The van der Waals surface area contributed by atoms with E-state index in [9.17, 15) is 14.4 Å². The number of amides is 2. The summed E-state index contributed by atoms with van der Waals surface area (Å²) in [6.07, 6.45) is 0.734. The predicted octanol–water partition coefficient (Wildman–Crippen LogP) is 1.99. The van der Waals surface area contributed by atoms with Crippen LogP contribution < -0.4 is 21.3 Å². The number of para-hydroxylation sites is 2. The zero-order valence-electron chi connectivity index (χ0n) is 14.1. The largest absolute Gasteiger partial charge is 0.491 e. The molecule has 136 valence electrons. The van der Waals surface area contributed by atoms with Crippen LogP contribution in [0.1, 0.15) is 25.6 Å². The van der Waals surface area contributed by atoms with E-state index in [1.54, 1.807) is 35.6 Å². The van der Waals surface area contributed by atoms with Gasteiger partial charge in [-0.25, -0.2) is 0 Å². The number of nitrogens with zero attached hydrogens (tertiary/aromatic N) is 1. The van der Waals surface area contributed by atoms with Gasteiger partial charge in [-0.15, -0.1) is 11.3 Å². The fourth-order valence-electron chi connectivity index (χ4n) is 3.01. The molecule has 2 amide bonds. The first-order chi connectivity index (χ1) is 13.1.